The van der Waals surface area contributed by atoms with E-state index in [4.69, 9.17) is 16.3 Å². The highest BCUT2D eigenvalue weighted by atomic mass is 35.5. The molecule has 0 fully saturated rings. The van der Waals surface area contributed by atoms with Gasteiger partial charge in [-0.2, -0.15) is 0 Å². The Hall–Kier alpha value is -1.66. The molecule has 0 aliphatic rings. The van der Waals surface area contributed by atoms with Gasteiger partial charge in [0.25, 0.3) is 5.91 Å². The predicted molar refractivity (Wildman–Crippen MR) is 75.0 cm³/mol. The first-order valence-electron chi connectivity index (χ1n) is 5.53. The van der Waals surface area contributed by atoms with Crippen molar-refractivity contribution in [3.63, 3.8) is 0 Å². The molecule has 0 spiro atoms. The van der Waals surface area contributed by atoms with Gasteiger partial charge in [0.2, 0.25) is 5.13 Å². The minimum atomic E-state index is -0.273. The summed E-state index contributed by atoms with van der Waals surface area (Å²) >= 11 is 7.16. The molecule has 1 amide bonds. The lowest BCUT2D eigenvalue weighted by molar-refractivity contribution is -0.118. The molecule has 0 unspecified atom stereocenters. The third-order valence-corrected chi connectivity index (χ3v) is 3.26. The van der Waals surface area contributed by atoms with Crippen LogP contribution in [0.3, 0.4) is 0 Å². The first-order chi connectivity index (χ1) is 9.04. The van der Waals surface area contributed by atoms with Crippen molar-refractivity contribution in [1.29, 1.82) is 0 Å². The molecule has 0 bridgehead atoms. The maximum atomic E-state index is 11.6. The zero-order valence-electron chi connectivity index (χ0n) is 10.4. The summed E-state index contributed by atoms with van der Waals surface area (Å²) in [4.78, 5) is 11.6. The number of nitrogens with zero attached hydrogens (tertiary/aromatic N) is 2. The van der Waals surface area contributed by atoms with Gasteiger partial charge in [-0.3, -0.25) is 10.1 Å². The molecule has 0 aliphatic carbocycles. The molecular formula is C12H12ClN3O2S. The van der Waals surface area contributed by atoms with Crippen molar-refractivity contribution >= 4 is 34.0 Å². The number of ether oxygens (including phenoxy) is 1. The summed E-state index contributed by atoms with van der Waals surface area (Å²) in [6.45, 7) is 3.61. The van der Waals surface area contributed by atoms with E-state index in [-0.39, 0.29) is 12.5 Å². The molecule has 0 aliphatic heterocycles. The standard InChI is InChI=1S/C12H12ClN3O2S/c1-7-5-9(13)3-4-10(7)18-6-11(17)14-12-16-15-8(2)19-12/h3-5H,6H2,1-2H3,(H,14,16,17). The highest BCUT2D eigenvalue weighted by Gasteiger charge is 2.08. The van der Waals surface area contributed by atoms with Gasteiger partial charge in [-0.05, 0) is 37.6 Å². The van der Waals surface area contributed by atoms with E-state index in [9.17, 15) is 4.79 Å². The Balaban J connectivity index is 1.89. The number of carbonyl (C=O) groups is 1. The molecule has 1 aromatic heterocycles. The molecule has 2 aromatic rings. The fourth-order valence-electron chi connectivity index (χ4n) is 1.42. The summed E-state index contributed by atoms with van der Waals surface area (Å²) in [5.74, 6) is 0.360. The van der Waals surface area contributed by atoms with E-state index >= 15 is 0 Å². The lowest BCUT2D eigenvalue weighted by Crippen LogP contribution is -2.20. The number of benzene rings is 1. The number of anilines is 1. The van der Waals surface area contributed by atoms with Crippen LogP contribution in [0.15, 0.2) is 18.2 Å². The summed E-state index contributed by atoms with van der Waals surface area (Å²) in [6.07, 6.45) is 0. The van der Waals surface area contributed by atoms with E-state index < -0.39 is 0 Å². The lowest BCUT2D eigenvalue weighted by Gasteiger charge is -2.08. The Bertz CT molecular complexity index is 600. The van der Waals surface area contributed by atoms with Crippen molar-refractivity contribution in [2.24, 2.45) is 0 Å². The van der Waals surface area contributed by atoms with E-state index in [1.54, 1.807) is 18.2 Å². The number of hydrogen-bond donors (Lipinski definition) is 1. The average Bonchev–Trinajstić information content (AvgIpc) is 2.73. The zero-order valence-corrected chi connectivity index (χ0v) is 12.0. The van der Waals surface area contributed by atoms with Crippen LogP contribution in [-0.4, -0.2) is 22.7 Å². The first-order valence-corrected chi connectivity index (χ1v) is 6.73. The molecule has 0 saturated heterocycles. The summed E-state index contributed by atoms with van der Waals surface area (Å²) in [7, 11) is 0. The van der Waals surface area contributed by atoms with Crippen molar-refractivity contribution in [3.8, 4) is 5.75 Å². The van der Waals surface area contributed by atoms with E-state index in [1.165, 1.54) is 11.3 Å². The molecule has 1 N–H and O–H groups in total. The molecule has 2 rings (SSSR count). The number of hydrogen-bond acceptors (Lipinski definition) is 5. The maximum absolute atomic E-state index is 11.6. The van der Waals surface area contributed by atoms with Gasteiger partial charge >= 0.3 is 0 Å². The summed E-state index contributed by atoms with van der Waals surface area (Å²) in [5, 5.41) is 12.1. The van der Waals surface area contributed by atoms with Crippen molar-refractivity contribution < 1.29 is 9.53 Å². The van der Waals surface area contributed by atoms with Gasteiger partial charge in [0.15, 0.2) is 6.61 Å². The molecule has 7 heteroatoms. The molecule has 100 valence electrons. The molecule has 19 heavy (non-hydrogen) atoms. The fraction of sp³-hybridized carbons (Fsp3) is 0.250. The molecule has 0 radical (unpaired) electrons. The second kappa shape index (κ2) is 5.99. The Morgan fingerprint density at radius 1 is 1.42 bits per heavy atom. The number of halogens is 1. The predicted octanol–water partition coefficient (Wildman–Crippen LogP) is 2.83. The van der Waals surface area contributed by atoms with Crippen molar-refractivity contribution in [2.45, 2.75) is 13.8 Å². The lowest BCUT2D eigenvalue weighted by atomic mass is 10.2. The molecule has 1 aromatic carbocycles. The average molecular weight is 298 g/mol. The van der Waals surface area contributed by atoms with Gasteiger partial charge in [-0.1, -0.05) is 22.9 Å². The smallest absolute Gasteiger partial charge is 0.264 e. The van der Waals surface area contributed by atoms with Crippen molar-refractivity contribution in [2.75, 3.05) is 11.9 Å². The minimum Gasteiger partial charge on any atom is -0.483 e. The van der Waals surface area contributed by atoms with Crippen molar-refractivity contribution in [1.82, 2.24) is 10.2 Å². The molecule has 1 heterocycles. The van der Waals surface area contributed by atoms with Crippen LogP contribution in [0.25, 0.3) is 0 Å². The summed E-state index contributed by atoms with van der Waals surface area (Å²) < 4.78 is 5.42. The molecule has 0 atom stereocenters. The van der Waals surface area contributed by atoms with Gasteiger partial charge in [-0.15, -0.1) is 10.2 Å². The molecular weight excluding hydrogens is 286 g/mol. The number of amides is 1. The number of carbonyl (C=O) groups excluding carboxylic acids is 1. The second-order valence-electron chi connectivity index (χ2n) is 3.87. The van der Waals surface area contributed by atoms with Crippen LogP contribution in [0.1, 0.15) is 10.6 Å². The third kappa shape index (κ3) is 3.90. The number of nitrogens with one attached hydrogen (secondary N) is 1. The van der Waals surface area contributed by atoms with Gasteiger partial charge in [0.1, 0.15) is 10.8 Å². The normalized spacial score (nSPS) is 10.3. The Kier molecular flexibility index (Phi) is 4.34. The minimum absolute atomic E-state index is 0.0822. The maximum Gasteiger partial charge on any atom is 0.264 e. The van der Waals surface area contributed by atoms with Crippen LogP contribution < -0.4 is 10.1 Å². The molecule has 0 saturated carbocycles. The van der Waals surface area contributed by atoms with Crippen LogP contribution >= 0.6 is 22.9 Å². The highest BCUT2D eigenvalue weighted by Crippen LogP contribution is 2.21. The van der Waals surface area contributed by atoms with Crippen LogP contribution in [-0.2, 0) is 4.79 Å². The van der Waals surface area contributed by atoms with Crippen LogP contribution in [0.5, 0.6) is 5.75 Å². The zero-order chi connectivity index (χ0) is 13.8. The summed E-state index contributed by atoms with van der Waals surface area (Å²) in [5.41, 5.74) is 0.882. The van der Waals surface area contributed by atoms with Gasteiger partial charge in [0, 0.05) is 5.02 Å². The van der Waals surface area contributed by atoms with Crippen LogP contribution in [0, 0.1) is 13.8 Å². The van der Waals surface area contributed by atoms with Crippen molar-refractivity contribution in [3.05, 3.63) is 33.8 Å². The number of aryl methyl sites for hydroxylation is 2. The number of rotatable bonds is 4. The molecule has 5 nitrogen and oxygen atoms in total. The second-order valence-corrected chi connectivity index (χ2v) is 5.49. The third-order valence-electron chi connectivity index (χ3n) is 2.27. The van der Waals surface area contributed by atoms with Gasteiger partial charge in [0.05, 0.1) is 0 Å². The van der Waals surface area contributed by atoms with E-state index in [2.05, 4.69) is 15.5 Å². The largest absolute Gasteiger partial charge is 0.483 e. The number of aromatic nitrogens is 2. The summed E-state index contributed by atoms with van der Waals surface area (Å²) in [6, 6.07) is 5.23. The monoisotopic (exact) mass is 297 g/mol. The Labute approximate surface area is 119 Å². The SMILES string of the molecule is Cc1nnc(NC(=O)COc2ccc(Cl)cc2C)s1. The Morgan fingerprint density at radius 2 is 2.21 bits per heavy atom. The van der Waals surface area contributed by atoms with Gasteiger partial charge < -0.3 is 4.74 Å². The van der Waals surface area contributed by atoms with E-state index in [0.717, 1.165) is 10.6 Å². The fourth-order valence-corrected chi connectivity index (χ4v) is 2.26. The van der Waals surface area contributed by atoms with Gasteiger partial charge in [-0.25, -0.2) is 0 Å². The topological polar surface area (TPSA) is 64.1 Å². The van der Waals surface area contributed by atoms with E-state index in [0.29, 0.717) is 15.9 Å². The van der Waals surface area contributed by atoms with E-state index in [1.807, 2.05) is 13.8 Å². The van der Waals surface area contributed by atoms with Crippen LogP contribution in [0.2, 0.25) is 5.02 Å². The highest BCUT2D eigenvalue weighted by molar-refractivity contribution is 7.15. The Morgan fingerprint density at radius 3 is 2.84 bits per heavy atom. The quantitative estimate of drug-likeness (QED) is 0.942. The first kappa shape index (κ1) is 13.8. The van der Waals surface area contributed by atoms with Crippen LogP contribution in [0.4, 0.5) is 5.13 Å².